The van der Waals surface area contributed by atoms with E-state index < -0.39 is 35.5 Å². The van der Waals surface area contributed by atoms with Gasteiger partial charge in [-0.2, -0.15) is 5.10 Å². The van der Waals surface area contributed by atoms with E-state index in [1.54, 1.807) is 43.9 Å². The van der Waals surface area contributed by atoms with Crippen molar-refractivity contribution in [2.45, 2.75) is 77.4 Å². The average molecular weight is 478 g/mol. The number of halogens is 2. The molecule has 1 unspecified atom stereocenters. The number of hydrogen-bond donors (Lipinski definition) is 2. The number of aromatic nitrogens is 3. The van der Waals surface area contributed by atoms with Gasteiger partial charge in [0.2, 0.25) is 11.8 Å². The Balaban J connectivity index is 1.75. The molecule has 2 aromatic rings. The van der Waals surface area contributed by atoms with Crippen LogP contribution in [0.2, 0.25) is 0 Å². The van der Waals surface area contributed by atoms with Crippen LogP contribution in [-0.4, -0.2) is 44.3 Å². The number of rotatable bonds is 6. The molecule has 0 aromatic carbocycles. The van der Waals surface area contributed by atoms with Crippen LogP contribution in [0.5, 0.6) is 0 Å². The first-order valence-electron chi connectivity index (χ1n) is 11.4. The van der Waals surface area contributed by atoms with Crippen LogP contribution in [0.1, 0.15) is 63.3 Å². The Labute approximate surface area is 198 Å². The first kappa shape index (κ1) is 25.6. The molecule has 1 fully saturated rings. The van der Waals surface area contributed by atoms with Crippen molar-refractivity contribution < 1.29 is 23.1 Å². The van der Waals surface area contributed by atoms with E-state index in [1.165, 1.54) is 0 Å². The zero-order chi connectivity index (χ0) is 25.1. The predicted octanol–water partition coefficient (Wildman–Crippen LogP) is 4.37. The number of nitrogens with zero attached hydrogens (tertiary/aromatic N) is 3. The smallest absolute Gasteiger partial charge is 0.408 e. The molecule has 10 heteroatoms. The molecule has 186 valence electrons. The van der Waals surface area contributed by atoms with Gasteiger partial charge in [0.25, 0.3) is 0 Å². The van der Waals surface area contributed by atoms with Crippen LogP contribution >= 0.6 is 0 Å². The maximum absolute atomic E-state index is 13.7. The summed E-state index contributed by atoms with van der Waals surface area (Å²) in [5.74, 6) is -3.38. The van der Waals surface area contributed by atoms with Gasteiger partial charge < -0.3 is 15.4 Å². The van der Waals surface area contributed by atoms with Crippen LogP contribution in [0, 0.1) is 12.8 Å². The molecule has 3 rings (SSSR count). The van der Waals surface area contributed by atoms with E-state index in [-0.39, 0.29) is 25.7 Å². The lowest BCUT2D eigenvalue weighted by molar-refractivity contribution is -0.121. The van der Waals surface area contributed by atoms with E-state index in [1.807, 2.05) is 20.0 Å². The lowest BCUT2D eigenvalue weighted by Gasteiger charge is -2.33. The third-order valence-electron chi connectivity index (χ3n) is 5.91. The molecule has 0 saturated heterocycles. The van der Waals surface area contributed by atoms with Crippen LogP contribution < -0.4 is 10.6 Å². The van der Waals surface area contributed by atoms with E-state index in [4.69, 9.17) is 4.74 Å². The molecule has 34 heavy (non-hydrogen) atoms. The summed E-state index contributed by atoms with van der Waals surface area (Å²) in [4.78, 5) is 29.8. The molecule has 2 aromatic heterocycles. The van der Waals surface area contributed by atoms with Gasteiger partial charge in [-0.3, -0.25) is 9.48 Å². The fraction of sp³-hybridized carbons (Fsp3) is 0.583. The standard InChI is InChI=1S/C24H33F2N5O3/c1-15-14-28-31(5)18(15)12-16-8-11-27-19(13-16)29-21(32)20(30-22(33)34-23(2,3)4)17-6-9-24(25,26)10-7-17/h8,11,13-14,17,20H,6-7,9-10,12H2,1-5H3,(H,30,33)(H,27,29,32). The normalized spacial score (nSPS) is 17.1. The molecule has 8 nitrogen and oxygen atoms in total. The zero-order valence-electron chi connectivity index (χ0n) is 20.3. The second-order valence-electron chi connectivity index (χ2n) is 9.93. The van der Waals surface area contributed by atoms with Crippen molar-refractivity contribution in [3.63, 3.8) is 0 Å². The molecule has 2 heterocycles. The minimum Gasteiger partial charge on any atom is -0.444 e. The van der Waals surface area contributed by atoms with Gasteiger partial charge in [0.05, 0.1) is 6.20 Å². The highest BCUT2D eigenvalue weighted by atomic mass is 19.3. The maximum Gasteiger partial charge on any atom is 0.408 e. The van der Waals surface area contributed by atoms with Crippen molar-refractivity contribution in [2.24, 2.45) is 13.0 Å². The summed E-state index contributed by atoms with van der Waals surface area (Å²) >= 11 is 0. The van der Waals surface area contributed by atoms with Crippen LogP contribution in [0.4, 0.5) is 19.4 Å². The van der Waals surface area contributed by atoms with Crippen LogP contribution in [0.3, 0.4) is 0 Å². The largest absolute Gasteiger partial charge is 0.444 e. The average Bonchev–Trinajstić information content (AvgIpc) is 3.03. The van der Waals surface area contributed by atoms with E-state index >= 15 is 0 Å². The molecule has 0 bridgehead atoms. The Morgan fingerprint density at radius 2 is 1.97 bits per heavy atom. The molecule has 0 spiro atoms. The molecule has 0 radical (unpaired) electrons. The van der Waals surface area contributed by atoms with E-state index in [2.05, 4.69) is 20.7 Å². The first-order chi connectivity index (χ1) is 15.8. The maximum atomic E-state index is 13.7. The summed E-state index contributed by atoms with van der Waals surface area (Å²) in [5, 5.41) is 9.59. The molecule has 0 aliphatic heterocycles. The van der Waals surface area contributed by atoms with Crippen molar-refractivity contribution in [3.05, 3.63) is 41.3 Å². The molecular weight excluding hydrogens is 444 g/mol. The Hall–Kier alpha value is -3.04. The number of nitrogens with one attached hydrogen (secondary N) is 2. The van der Waals surface area contributed by atoms with Gasteiger partial charge >= 0.3 is 6.09 Å². The van der Waals surface area contributed by atoms with Crippen LogP contribution in [0.15, 0.2) is 24.5 Å². The Morgan fingerprint density at radius 3 is 2.56 bits per heavy atom. The van der Waals surface area contributed by atoms with Gasteiger partial charge in [-0.25, -0.2) is 18.6 Å². The predicted molar refractivity (Wildman–Crippen MR) is 124 cm³/mol. The van der Waals surface area contributed by atoms with Gasteiger partial charge in [0, 0.05) is 38.2 Å². The Bertz CT molecular complexity index is 1000. The molecule has 1 saturated carbocycles. The molecular formula is C24H33F2N5O3. The van der Waals surface area contributed by atoms with Gasteiger partial charge in [-0.15, -0.1) is 0 Å². The lowest BCUT2D eigenvalue weighted by atomic mass is 9.81. The van der Waals surface area contributed by atoms with Gasteiger partial charge in [-0.05, 0) is 69.7 Å². The number of alkyl carbamates (subject to hydrolysis) is 1. The number of aryl methyl sites for hydroxylation is 2. The number of carbonyl (C=O) groups is 2. The van der Waals surface area contributed by atoms with Crippen molar-refractivity contribution in [1.29, 1.82) is 0 Å². The molecule has 1 aliphatic rings. The molecule has 1 atom stereocenters. The summed E-state index contributed by atoms with van der Waals surface area (Å²) in [6, 6.07) is 2.58. The Kier molecular flexibility index (Phi) is 7.57. The SMILES string of the molecule is Cc1cnn(C)c1Cc1ccnc(NC(=O)C(NC(=O)OC(C)(C)C)C2CCC(F)(F)CC2)c1. The highest BCUT2D eigenvalue weighted by molar-refractivity contribution is 5.96. The second kappa shape index (κ2) is 10.1. The number of ether oxygens (including phenoxy) is 1. The first-order valence-corrected chi connectivity index (χ1v) is 11.4. The van der Waals surface area contributed by atoms with Crippen LogP contribution in [0.25, 0.3) is 0 Å². The minimum absolute atomic E-state index is 0.119. The number of anilines is 1. The van der Waals surface area contributed by atoms with Crippen LogP contribution in [-0.2, 0) is 23.0 Å². The van der Waals surface area contributed by atoms with Crippen molar-refractivity contribution in [3.8, 4) is 0 Å². The van der Waals surface area contributed by atoms with Gasteiger partial charge in [0.15, 0.2) is 0 Å². The number of amides is 2. The summed E-state index contributed by atoms with van der Waals surface area (Å²) in [7, 11) is 1.87. The van der Waals surface area contributed by atoms with Crippen molar-refractivity contribution in [1.82, 2.24) is 20.1 Å². The minimum atomic E-state index is -2.75. The topological polar surface area (TPSA) is 98.1 Å². The number of carbonyl (C=O) groups excluding carboxylic acids is 2. The lowest BCUT2D eigenvalue weighted by Crippen LogP contribution is -2.51. The summed E-state index contributed by atoms with van der Waals surface area (Å²) < 4.78 is 34.5. The third kappa shape index (κ3) is 6.98. The highest BCUT2D eigenvalue weighted by Crippen LogP contribution is 2.37. The summed E-state index contributed by atoms with van der Waals surface area (Å²) in [6.07, 6.45) is 2.81. The monoisotopic (exact) mass is 477 g/mol. The van der Waals surface area contributed by atoms with Gasteiger partial charge in [-0.1, -0.05) is 0 Å². The molecule has 2 amide bonds. The van der Waals surface area contributed by atoms with E-state index in [9.17, 15) is 18.4 Å². The fourth-order valence-corrected chi connectivity index (χ4v) is 4.10. The number of hydrogen-bond acceptors (Lipinski definition) is 5. The second-order valence-corrected chi connectivity index (χ2v) is 9.93. The number of alkyl halides is 2. The fourth-order valence-electron chi connectivity index (χ4n) is 4.10. The van der Waals surface area contributed by atoms with Gasteiger partial charge in [0.1, 0.15) is 17.5 Å². The Morgan fingerprint density at radius 1 is 1.29 bits per heavy atom. The quantitative estimate of drug-likeness (QED) is 0.644. The summed E-state index contributed by atoms with van der Waals surface area (Å²) in [6.45, 7) is 7.11. The van der Waals surface area contributed by atoms with E-state index in [0.717, 1.165) is 16.8 Å². The zero-order valence-corrected chi connectivity index (χ0v) is 20.3. The number of pyridine rings is 1. The molecule has 1 aliphatic carbocycles. The molecule has 2 N–H and O–H groups in total. The third-order valence-corrected chi connectivity index (χ3v) is 5.91. The van der Waals surface area contributed by atoms with Crippen molar-refractivity contribution >= 4 is 17.8 Å². The highest BCUT2D eigenvalue weighted by Gasteiger charge is 2.40. The van der Waals surface area contributed by atoms with Crippen molar-refractivity contribution in [2.75, 3.05) is 5.32 Å². The van der Waals surface area contributed by atoms with E-state index in [0.29, 0.717) is 12.2 Å². The summed E-state index contributed by atoms with van der Waals surface area (Å²) in [5.41, 5.74) is 2.26.